The van der Waals surface area contributed by atoms with Crippen LogP contribution in [0.15, 0.2) is 60.8 Å². The molecule has 140 valence electrons. The van der Waals surface area contributed by atoms with E-state index in [1.165, 1.54) is 5.56 Å². The van der Waals surface area contributed by atoms with E-state index in [-0.39, 0.29) is 6.29 Å². The molecule has 2 heterocycles. The Labute approximate surface area is 159 Å². The molecule has 2 aromatic carbocycles. The molecule has 1 aliphatic rings. The van der Waals surface area contributed by atoms with Crippen LogP contribution in [-0.2, 0) is 17.7 Å². The van der Waals surface area contributed by atoms with Gasteiger partial charge in [-0.25, -0.2) is 0 Å². The lowest BCUT2D eigenvalue weighted by molar-refractivity contribution is -0.0402. The first-order valence-corrected chi connectivity index (χ1v) is 9.36. The molecule has 1 saturated heterocycles. The number of benzene rings is 2. The molecule has 1 unspecified atom stereocenters. The summed E-state index contributed by atoms with van der Waals surface area (Å²) in [5.41, 5.74) is 3.23. The van der Waals surface area contributed by atoms with E-state index in [4.69, 9.17) is 19.3 Å². The van der Waals surface area contributed by atoms with Gasteiger partial charge in [-0.1, -0.05) is 30.3 Å². The number of aromatic nitrogens is 2. The number of methoxy groups -OCH3 is 1. The van der Waals surface area contributed by atoms with E-state index in [9.17, 15) is 0 Å². The molecule has 27 heavy (non-hydrogen) atoms. The number of rotatable bonds is 7. The molecule has 0 N–H and O–H groups in total. The maximum Gasteiger partial charge on any atom is 0.200 e. The van der Waals surface area contributed by atoms with Gasteiger partial charge in [-0.3, -0.25) is 4.68 Å². The smallest absolute Gasteiger partial charge is 0.200 e. The molecule has 1 aromatic heterocycles. The van der Waals surface area contributed by atoms with Crippen molar-refractivity contribution >= 4 is 0 Å². The van der Waals surface area contributed by atoms with E-state index in [2.05, 4.69) is 24.3 Å². The Bertz CT molecular complexity index is 870. The topological polar surface area (TPSA) is 45.5 Å². The van der Waals surface area contributed by atoms with Gasteiger partial charge in [0.25, 0.3) is 0 Å². The highest BCUT2D eigenvalue weighted by Crippen LogP contribution is 2.34. The maximum atomic E-state index is 5.99. The Morgan fingerprint density at radius 1 is 1.11 bits per heavy atom. The van der Waals surface area contributed by atoms with Crippen LogP contribution in [0.2, 0.25) is 0 Å². The predicted molar refractivity (Wildman–Crippen MR) is 104 cm³/mol. The normalized spacial score (nSPS) is 16.4. The molecule has 0 amide bonds. The average molecular weight is 364 g/mol. The molecular weight excluding hydrogens is 340 g/mol. The van der Waals surface area contributed by atoms with E-state index >= 15 is 0 Å². The number of hydrogen-bond acceptors (Lipinski definition) is 4. The van der Waals surface area contributed by atoms with E-state index < -0.39 is 0 Å². The van der Waals surface area contributed by atoms with Gasteiger partial charge in [-0.15, -0.1) is 0 Å². The fourth-order valence-electron chi connectivity index (χ4n) is 3.24. The Balaban J connectivity index is 1.48. The molecular formula is C22H24N2O3. The van der Waals surface area contributed by atoms with Gasteiger partial charge >= 0.3 is 0 Å². The van der Waals surface area contributed by atoms with Gasteiger partial charge in [-0.2, -0.15) is 5.10 Å². The minimum Gasteiger partial charge on any atom is -0.493 e. The standard InChI is InChI=1S/C22H24N2O3/c1-25-20-10-9-18(16-21(20)27-22-8-5-15-26-22)19-12-14-24(23-19)13-11-17-6-3-2-4-7-17/h2-4,6-7,9-10,12,14,16,22H,5,8,11,13,15H2,1H3. The van der Waals surface area contributed by atoms with Gasteiger partial charge in [0, 0.05) is 24.7 Å². The average Bonchev–Trinajstić information content (AvgIpc) is 3.39. The first-order valence-electron chi connectivity index (χ1n) is 9.36. The van der Waals surface area contributed by atoms with Gasteiger partial charge in [0.15, 0.2) is 17.8 Å². The fraction of sp³-hybridized carbons (Fsp3) is 0.318. The summed E-state index contributed by atoms with van der Waals surface area (Å²) >= 11 is 0. The number of aryl methyl sites for hydroxylation is 2. The SMILES string of the molecule is COc1ccc(-c2ccn(CCc3ccccc3)n2)cc1OC1CCCO1. The molecule has 1 fully saturated rings. The molecule has 0 radical (unpaired) electrons. The highest BCUT2D eigenvalue weighted by atomic mass is 16.7. The summed E-state index contributed by atoms with van der Waals surface area (Å²) < 4.78 is 19.0. The largest absolute Gasteiger partial charge is 0.493 e. The summed E-state index contributed by atoms with van der Waals surface area (Å²) in [6.45, 7) is 1.60. The molecule has 5 heteroatoms. The predicted octanol–water partition coefficient (Wildman–Crippen LogP) is 4.32. The lowest BCUT2D eigenvalue weighted by atomic mass is 10.1. The van der Waals surface area contributed by atoms with Crippen LogP contribution in [0.25, 0.3) is 11.3 Å². The minimum atomic E-state index is -0.197. The second kappa shape index (κ2) is 8.27. The van der Waals surface area contributed by atoms with Crippen LogP contribution in [0.4, 0.5) is 0 Å². The van der Waals surface area contributed by atoms with E-state index in [1.807, 2.05) is 41.2 Å². The summed E-state index contributed by atoms with van der Waals surface area (Å²) in [5.74, 6) is 1.40. The van der Waals surface area contributed by atoms with Crippen molar-refractivity contribution in [1.29, 1.82) is 0 Å². The summed E-state index contributed by atoms with van der Waals surface area (Å²) in [6, 6.07) is 18.4. The molecule has 1 atom stereocenters. The quantitative estimate of drug-likeness (QED) is 0.626. The Hall–Kier alpha value is -2.79. The monoisotopic (exact) mass is 364 g/mol. The number of ether oxygens (including phenoxy) is 3. The second-order valence-corrected chi connectivity index (χ2v) is 6.63. The van der Waals surface area contributed by atoms with Gasteiger partial charge < -0.3 is 14.2 Å². The van der Waals surface area contributed by atoms with Crippen LogP contribution < -0.4 is 9.47 Å². The Kier molecular flexibility index (Phi) is 5.39. The third-order valence-corrected chi connectivity index (χ3v) is 4.72. The van der Waals surface area contributed by atoms with E-state index in [1.54, 1.807) is 7.11 Å². The van der Waals surface area contributed by atoms with Crippen LogP contribution in [0.3, 0.4) is 0 Å². The lowest BCUT2D eigenvalue weighted by Gasteiger charge is -2.16. The van der Waals surface area contributed by atoms with Crippen molar-refractivity contribution in [2.45, 2.75) is 32.1 Å². The van der Waals surface area contributed by atoms with Crippen molar-refractivity contribution in [3.05, 3.63) is 66.4 Å². The zero-order chi connectivity index (χ0) is 18.5. The van der Waals surface area contributed by atoms with Gasteiger partial charge in [0.2, 0.25) is 0 Å². The van der Waals surface area contributed by atoms with Crippen LogP contribution in [0.1, 0.15) is 18.4 Å². The Morgan fingerprint density at radius 3 is 2.78 bits per heavy atom. The third kappa shape index (κ3) is 4.31. The molecule has 1 aliphatic heterocycles. The van der Waals surface area contributed by atoms with Gasteiger partial charge in [-0.05, 0) is 42.7 Å². The van der Waals surface area contributed by atoms with Crippen LogP contribution in [-0.4, -0.2) is 29.8 Å². The third-order valence-electron chi connectivity index (χ3n) is 4.72. The fourth-order valence-corrected chi connectivity index (χ4v) is 3.24. The highest BCUT2D eigenvalue weighted by Gasteiger charge is 2.19. The molecule has 0 spiro atoms. The van der Waals surface area contributed by atoms with Crippen LogP contribution in [0, 0.1) is 0 Å². The molecule has 0 aliphatic carbocycles. The summed E-state index contributed by atoms with van der Waals surface area (Å²) in [7, 11) is 1.65. The summed E-state index contributed by atoms with van der Waals surface area (Å²) in [4.78, 5) is 0. The first kappa shape index (κ1) is 17.6. The second-order valence-electron chi connectivity index (χ2n) is 6.63. The Morgan fingerprint density at radius 2 is 2.00 bits per heavy atom. The number of nitrogens with zero attached hydrogens (tertiary/aromatic N) is 2. The minimum absolute atomic E-state index is 0.197. The van der Waals surface area contributed by atoms with Crippen molar-refractivity contribution in [3.8, 4) is 22.8 Å². The van der Waals surface area contributed by atoms with Crippen LogP contribution in [0.5, 0.6) is 11.5 Å². The van der Waals surface area contributed by atoms with Crippen molar-refractivity contribution < 1.29 is 14.2 Å². The lowest BCUT2D eigenvalue weighted by Crippen LogP contribution is -2.14. The van der Waals surface area contributed by atoms with Crippen molar-refractivity contribution in [2.24, 2.45) is 0 Å². The van der Waals surface area contributed by atoms with E-state index in [0.717, 1.165) is 43.7 Å². The van der Waals surface area contributed by atoms with Crippen molar-refractivity contribution in [1.82, 2.24) is 9.78 Å². The van der Waals surface area contributed by atoms with Crippen LogP contribution >= 0.6 is 0 Å². The molecule has 5 nitrogen and oxygen atoms in total. The van der Waals surface area contributed by atoms with Gasteiger partial charge in [0.1, 0.15) is 0 Å². The highest BCUT2D eigenvalue weighted by molar-refractivity contribution is 5.63. The molecule has 0 saturated carbocycles. The zero-order valence-corrected chi connectivity index (χ0v) is 15.5. The molecule has 0 bridgehead atoms. The summed E-state index contributed by atoms with van der Waals surface area (Å²) in [6.07, 6.45) is 4.71. The first-order chi connectivity index (χ1) is 13.3. The molecule has 4 rings (SSSR count). The maximum absolute atomic E-state index is 5.99. The molecule has 3 aromatic rings. The van der Waals surface area contributed by atoms with Gasteiger partial charge in [0.05, 0.1) is 19.4 Å². The zero-order valence-electron chi connectivity index (χ0n) is 15.5. The van der Waals surface area contributed by atoms with Crippen molar-refractivity contribution in [3.63, 3.8) is 0 Å². The van der Waals surface area contributed by atoms with E-state index in [0.29, 0.717) is 11.5 Å². The summed E-state index contributed by atoms with van der Waals surface area (Å²) in [5, 5.41) is 4.71. The number of hydrogen-bond donors (Lipinski definition) is 0. The van der Waals surface area contributed by atoms with Crippen molar-refractivity contribution in [2.75, 3.05) is 13.7 Å².